The molecule has 15 heteroatoms. The Hall–Kier alpha value is -1.69. The van der Waals surface area contributed by atoms with Crippen molar-refractivity contribution >= 4 is 5.82 Å². The first-order valence-corrected chi connectivity index (χ1v) is 10.6. The maximum Gasteiger partial charge on any atom is 0.434 e. The average molecular weight is 500 g/mol. The van der Waals surface area contributed by atoms with Gasteiger partial charge in [0, 0.05) is 6.54 Å². The van der Waals surface area contributed by atoms with E-state index in [1.54, 1.807) is 0 Å². The summed E-state index contributed by atoms with van der Waals surface area (Å²) in [6, 6.07) is -1.22. The molecule has 0 saturated carbocycles. The first-order chi connectivity index (χ1) is 16.3. The molecule has 2 rings (SSSR count). The van der Waals surface area contributed by atoms with Crippen LogP contribution in [0.3, 0.4) is 0 Å². The first-order valence-electron chi connectivity index (χ1n) is 10.6. The molecule has 34 heavy (non-hydrogen) atoms. The van der Waals surface area contributed by atoms with Gasteiger partial charge in [0.1, 0.15) is 30.2 Å². The van der Waals surface area contributed by atoms with E-state index < -0.39 is 49.1 Å². The lowest BCUT2D eigenvalue weighted by Gasteiger charge is -2.42. The Kier molecular flexibility index (Phi) is 12.3. The van der Waals surface area contributed by atoms with Gasteiger partial charge >= 0.3 is 6.18 Å². The zero-order chi connectivity index (χ0) is 25.0. The van der Waals surface area contributed by atoms with Crippen molar-refractivity contribution in [2.45, 2.75) is 36.8 Å². The number of nitrogens with one attached hydrogen (secondary N) is 1. The van der Waals surface area contributed by atoms with Crippen molar-refractivity contribution in [1.29, 1.82) is 0 Å². The Morgan fingerprint density at radius 3 is 2.18 bits per heavy atom. The van der Waals surface area contributed by atoms with Crippen LogP contribution >= 0.6 is 0 Å². The Labute approximate surface area is 194 Å². The van der Waals surface area contributed by atoms with Crippen LogP contribution in [0.25, 0.3) is 0 Å². The number of hydrogen-bond acceptors (Lipinski definition) is 12. The molecule has 0 aromatic carbocycles. The van der Waals surface area contributed by atoms with E-state index in [0.717, 1.165) is 6.20 Å². The van der Waals surface area contributed by atoms with Crippen LogP contribution in [0.2, 0.25) is 0 Å². The Morgan fingerprint density at radius 1 is 0.971 bits per heavy atom. The van der Waals surface area contributed by atoms with Crippen LogP contribution in [-0.2, 0) is 29.9 Å². The van der Waals surface area contributed by atoms with Gasteiger partial charge in [-0.3, -0.25) is 4.98 Å². The molecule has 1 saturated heterocycles. The highest BCUT2D eigenvalue weighted by molar-refractivity contribution is 5.35. The summed E-state index contributed by atoms with van der Waals surface area (Å²) in [7, 11) is 0. The van der Waals surface area contributed by atoms with Crippen molar-refractivity contribution in [3.63, 3.8) is 0 Å². The number of aliphatic hydroxyl groups is 3. The molecule has 2 heterocycles. The molecule has 0 radical (unpaired) electrons. The minimum atomic E-state index is -4.72. The smallest absolute Gasteiger partial charge is 0.394 e. The van der Waals surface area contributed by atoms with E-state index >= 15 is 0 Å². The van der Waals surface area contributed by atoms with Gasteiger partial charge < -0.3 is 50.1 Å². The Bertz CT molecular complexity index is 706. The summed E-state index contributed by atoms with van der Waals surface area (Å²) >= 11 is 0. The molecule has 1 aliphatic rings. The fraction of sp³-hybridized carbons (Fsp3) is 0.789. The quantitative estimate of drug-likeness (QED) is 0.181. The number of rotatable bonds is 15. The van der Waals surface area contributed by atoms with Gasteiger partial charge in [-0.25, -0.2) is 4.98 Å². The van der Waals surface area contributed by atoms with Crippen LogP contribution in [0.15, 0.2) is 12.4 Å². The van der Waals surface area contributed by atoms with Gasteiger partial charge in [-0.05, 0) is 0 Å². The lowest BCUT2D eigenvalue weighted by Crippen LogP contribution is -2.62. The fourth-order valence-corrected chi connectivity index (χ4v) is 2.97. The molecule has 1 aromatic rings. The highest BCUT2D eigenvalue weighted by Gasteiger charge is 2.45. The van der Waals surface area contributed by atoms with Crippen molar-refractivity contribution in [3.8, 4) is 0 Å². The topological polar surface area (TPSA) is 171 Å². The summed E-state index contributed by atoms with van der Waals surface area (Å²) in [6.07, 6.45) is -8.63. The fourth-order valence-electron chi connectivity index (χ4n) is 2.97. The van der Waals surface area contributed by atoms with E-state index in [2.05, 4.69) is 15.3 Å². The number of nitrogens with zero attached hydrogens (tertiary/aromatic N) is 2. The molecule has 1 aliphatic heterocycles. The molecule has 196 valence electrons. The molecule has 0 unspecified atom stereocenters. The SMILES string of the molecule is NCCOCCOCCOCCO[C@@H]1O[C@H](CO)[C@H](O)[C@H](O)[C@H]1Nc1cncc(C(F)(F)F)n1. The minimum Gasteiger partial charge on any atom is -0.394 e. The molecule has 0 bridgehead atoms. The van der Waals surface area contributed by atoms with Crippen LogP contribution in [-0.4, -0.2) is 115 Å². The van der Waals surface area contributed by atoms with Crippen molar-refractivity contribution in [2.24, 2.45) is 5.73 Å². The summed E-state index contributed by atoms with van der Waals surface area (Å²) in [5.41, 5.74) is 4.05. The third kappa shape index (κ3) is 9.16. The summed E-state index contributed by atoms with van der Waals surface area (Å²) in [4.78, 5) is 6.92. The number of hydrogen-bond donors (Lipinski definition) is 5. The Balaban J connectivity index is 1.85. The largest absolute Gasteiger partial charge is 0.434 e. The summed E-state index contributed by atoms with van der Waals surface area (Å²) < 4.78 is 65.6. The highest BCUT2D eigenvalue weighted by Crippen LogP contribution is 2.29. The first kappa shape index (κ1) is 28.5. The van der Waals surface area contributed by atoms with E-state index in [1.165, 1.54) is 0 Å². The number of ether oxygens (including phenoxy) is 5. The summed E-state index contributed by atoms with van der Waals surface area (Å²) in [6.45, 7) is 1.79. The zero-order valence-corrected chi connectivity index (χ0v) is 18.4. The summed E-state index contributed by atoms with van der Waals surface area (Å²) in [5, 5.41) is 32.6. The van der Waals surface area contributed by atoms with Crippen molar-refractivity contribution in [2.75, 3.05) is 64.7 Å². The monoisotopic (exact) mass is 500 g/mol. The van der Waals surface area contributed by atoms with Crippen LogP contribution in [0.4, 0.5) is 19.0 Å². The van der Waals surface area contributed by atoms with Crippen LogP contribution in [0, 0.1) is 0 Å². The van der Waals surface area contributed by atoms with Gasteiger partial charge in [0.2, 0.25) is 0 Å². The molecule has 0 aliphatic carbocycles. The van der Waals surface area contributed by atoms with Gasteiger partial charge in [0.05, 0.1) is 65.2 Å². The predicted octanol–water partition coefficient (Wildman–Crippen LogP) is -1.26. The second-order valence-electron chi connectivity index (χ2n) is 7.16. The molecule has 0 amide bonds. The predicted molar refractivity (Wildman–Crippen MR) is 110 cm³/mol. The Morgan fingerprint density at radius 2 is 1.59 bits per heavy atom. The third-order valence-corrected chi connectivity index (χ3v) is 4.64. The average Bonchev–Trinajstić information content (AvgIpc) is 2.81. The van der Waals surface area contributed by atoms with E-state index in [4.69, 9.17) is 29.4 Å². The van der Waals surface area contributed by atoms with E-state index in [0.29, 0.717) is 39.2 Å². The van der Waals surface area contributed by atoms with E-state index in [-0.39, 0.29) is 25.6 Å². The number of halogens is 3. The number of aliphatic hydroxyl groups excluding tert-OH is 3. The number of nitrogens with two attached hydrogens (primary N) is 1. The number of aromatic nitrogens is 2. The maximum absolute atomic E-state index is 12.9. The lowest BCUT2D eigenvalue weighted by molar-refractivity contribution is -0.264. The zero-order valence-electron chi connectivity index (χ0n) is 18.4. The maximum atomic E-state index is 12.9. The van der Waals surface area contributed by atoms with E-state index in [9.17, 15) is 28.5 Å². The van der Waals surface area contributed by atoms with E-state index in [1.807, 2.05) is 0 Å². The van der Waals surface area contributed by atoms with Gasteiger partial charge in [0.15, 0.2) is 12.0 Å². The second-order valence-corrected chi connectivity index (χ2v) is 7.16. The number of alkyl halides is 3. The molecular formula is C19H31F3N4O8. The van der Waals surface area contributed by atoms with Gasteiger partial charge in [-0.1, -0.05) is 0 Å². The second kappa shape index (κ2) is 14.7. The number of anilines is 1. The summed E-state index contributed by atoms with van der Waals surface area (Å²) in [5.74, 6) is -0.311. The third-order valence-electron chi connectivity index (χ3n) is 4.64. The van der Waals surface area contributed by atoms with Crippen LogP contribution < -0.4 is 11.1 Å². The standard InChI is InChI=1S/C19H31F3N4O8/c20-19(21,22)13-9-24-10-14(25-13)26-15-17(29)16(28)12(11-27)34-18(15)33-8-7-32-6-5-31-4-3-30-2-1-23/h9-10,12,15-18,27-29H,1-8,11,23H2,(H,25,26)/t12-,15-,16+,17-,18-/m1/s1. The van der Waals surface area contributed by atoms with Crippen LogP contribution in [0.5, 0.6) is 0 Å². The van der Waals surface area contributed by atoms with Gasteiger partial charge in [-0.15, -0.1) is 0 Å². The molecule has 12 nitrogen and oxygen atoms in total. The van der Waals surface area contributed by atoms with Crippen molar-refractivity contribution in [1.82, 2.24) is 9.97 Å². The lowest BCUT2D eigenvalue weighted by atomic mass is 9.97. The van der Waals surface area contributed by atoms with Gasteiger partial charge in [-0.2, -0.15) is 13.2 Å². The van der Waals surface area contributed by atoms with Crippen molar-refractivity contribution < 1.29 is 52.2 Å². The molecular weight excluding hydrogens is 469 g/mol. The highest BCUT2D eigenvalue weighted by atomic mass is 19.4. The normalized spacial score (nSPS) is 25.4. The molecule has 1 aromatic heterocycles. The van der Waals surface area contributed by atoms with Gasteiger partial charge in [0.25, 0.3) is 0 Å². The molecule has 5 atom stereocenters. The van der Waals surface area contributed by atoms with Crippen molar-refractivity contribution in [3.05, 3.63) is 18.1 Å². The molecule has 1 fully saturated rings. The van der Waals surface area contributed by atoms with Crippen LogP contribution in [0.1, 0.15) is 5.69 Å². The minimum absolute atomic E-state index is 0.0162. The molecule has 0 spiro atoms. The molecule has 6 N–H and O–H groups in total.